The van der Waals surface area contributed by atoms with Gasteiger partial charge in [-0.25, -0.2) is 9.59 Å². The molecule has 0 bridgehead atoms. The van der Waals surface area contributed by atoms with Gasteiger partial charge in [0, 0.05) is 10.9 Å². The fraction of sp³-hybridized carbons (Fsp3) is 0.364. The third-order valence-electron chi connectivity index (χ3n) is 3.79. The maximum Gasteiger partial charge on any atom is 0.408 e. The van der Waals surface area contributed by atoms with E-state index in [9.17, 15) is 9.59 Å². The van der Waals surface area contributed by atoms with E-state index >= 15 is 0 Å². The first-order valence-corrected chi connectivity index (χ1v) is 9.98. The second kappa shape index (κ2) is 9.73. The molecular formula is C22H26BrNO4. The molecule has 0 radical (unpaired) electrons. The highest BCUT2D eigenvalue weighted by molar-refractivity contribution is 9.10. The SMILES string of the molecule is CCOC(=O)[C@H](Cc1cccc(-c2cccc(Br)c2)c1)NC(=O)OC(C)(C)C. The molecule has 2 aromatic rings. The lowest BCUT2D eigenvalue weighted by Gasteiger charge is -2.23. The van der Waals surface area contributed by atoms with Gasteiger partial charge in [-0.2, -0.15) is 0 Å². The minimum Gasteiger partial charge on any atom is -0.464 e. The zero-order chi connectivity index (χ0) is 20.7. The first-order valence-electron chi connectivity index (χ1n) is 9.19. The lowest BCUT2D eigenvalue weighted by atomic mass is 9.99. The van der Waals surface area contributed by atoms with Gasteiger partial charge >= 0.3 is 12.1 Å². The summed E-state index contributed by atoms with van der Waals surface area (Å²) in [6.45, 7) is 7.29. The van der Waals surface area contributed by atoms with E-state index in [0.29, 0.717) is 6.42 Å². The van der Waals surface area contributed by atoms with E-state index < -0.39 is 23.7 Å². The number of halogens is 1. The van der Waals surface area contributed by atoms with E-state index in [1.807, 2.05) is 48.5 Å². The van der Waals surface area contributed by atoms with Crippen LogP contribution in [0.1, 0.15) is 33.3 Å². The Morgan fingerprint density at radius 2 is 1.71 bits per heavy atom. The maximum absolute atomic E-state index is 12.3. The number of amides is 1. The van der Waals surface area contributed by atoms with Crippen molar-refractivity contribution in [2.24, 2.45) is 0 Å². The molecule has 0 aliphatic heterocycles. The standard InChI is InChI=1S/C22H26BrNO4/c1-5-27-20(25)19(24-21(26)28-22(2,3)4)13-15-8-6-9-16(12-15)17-10-7-11-18(23)14-17/h6-12,14,19H,5,13H2,1-4H3,(H,24,26)/t19-/m0/s1. The highest BCUT2D eigenvalue weighted by Gasteiger charge is 2.25. The molecule has 0 fully saturated rings. The molecule has 2 rings (SSSR count). The van der Waals surface area contributed by atoms with Crippen LogP contribution in [0, 0.1) is 0 Å². The highest BCUT2D eigenvalue weighted by Crippen LogP contribution is 2.24. The second-order valence-electron chi connectivity index (χ2n) is 7.37. The van der Waals surface area contributed by atoms with Crippen molar-refractivity contribution >= 4 is 28.0 Å². The summed E-state index contributed by atoms with van der Waals surface area (Å²) in [6, 6.07) is 15.0. The van der Waals surface area contributed by atoms with Crippen LogP contribution in [0.3, 0.4) is 0 Å². The summed E-state index contributed by atoms with van der Waals surface area (Å²) in [5, 5.41) is 2.63. The summed E-state index contributed by atoms with van der Waals surface area (Å²) in [7, 11) is 0. The molecule has 0 aliphatic carbocycles. The Labute approximate surface area is 174 Å². The summed E-state index contributed by atoms with van der Waals surface area (Å²) in [5.41, 5.74) is 2.35. The van der Waals surface area contributed by atoms with Crippen LogP contribution in [0.25, 0.3) is 11.1 Å². The molecule has 0 saturated heterocycles. The molecule has 28 heavy (non-hydrogen) atoms. The molecule has 1 atom stereocenters. The van der Waals surface area contributed by atoms with Crippen molar-refractivity contribution in [3.05, 3.63) is 58.6 Å². The predicted octanol–water partition coefficient (Wildman–Crippen LogP) is 5.12. The molecule has 1 amide bonds. The molecule has 0 spiro atoms. The van der Waals surface area contributed by atoms with Crippen molar-refractivity contribution in [2.45, 2.75) is 45.8 Å². The molecule has 1 N–H and O–H groups in total. The average Bonchev–Trinajstić information content (AvgIpc) is 2.60. The van der Waals surface area contributed by atoms with E-state index in [1.165, 1.54) is 0 Å². The van der Waals surface area contributed by atoms with Gasteiger partial charge in [-0.3, -0.25) is 0 Å². The van der Waals surface area contributed by atoms with Crippen LogP contribution in [0.2, 0.25) is 0 Å². The lowest BCUT2D eigenvalue weighted by molar-refractivity contribution is -0.145. The Kier molecular flexibility index (Phi) is 7.63. The summed E-state index contributed by atoms with van der Waals surface area (Å²) >= 11 is 3.48. The normalized spacial score (nSPS) is 12.2. The first kappa shape index (κ1) is 22.0. The molecule has 0 unspecified atom stereocenters. The largest absolute Gasteiger partial charge is 0.464 e. The van der Waals surface area contributed by atoms with Gasteiger partial charge in [0.2, 0.25) is 0 Å². The van der Waals surface area contributed by atoms with E-state index in [-0.39, 0.29) is 6.61 Å². The van der Waals surface area contributed by atoms with Crippen LogP contribution in [-0.4, -0.2) is 30.3 Å². The van der Waals surface area contributed by atoms with Crippen molar-refractivity contribution < 1.29 is 19.1 Å². The van der Waals surface area contributed by atoms with E-state index in [0.717, 1.165) is 21.2 Å². The molecule has 150 valence electrons. The third kappa shape index (κ3) is 7.00. The van der Waals surface area contributed by atoms with Gasteiger partial charge in [0.25, 0.3) is 0 Å². The fourth-order valence-corrected chi connectivity index (χ4v) is 3.07. The molecule has 6 heteroatoms. The van der Waals surface area contributed by atoms with Gasteiger partial charge in [-0.05, 0) is 56.5 Å². The number of ether oxygens (including phenoxy) is 2. The summed E-state index contributed by atoms with van der Waals surface area (Å²) < 4.78 is 11.4. The Hall–Kier alpha value is -2.34. The number of rotatable bonds is 6. The molecule has 0 heterocycles. The van der Waals surface area contributed by atoms with Gasteiger partial charge in [0.05, 0.1) is 6.61 Å². The Morgan fingerprint density at radius 1 is 1.07 bits per heavy atom. The lowest BCUT2D eigenvalue weighted by Crippen LogP contribution is -2.45. The van der Waals surface area contributed by atoms with E-state index in [4.69, 9.17) is 9.47 Å². The smallest absolute Gasteiger partial charge is 0.408 e. The van der Waals surface area contributed by atoms with Crippen molar-refractivity contribution in [3.8, 4) is 11.1 Å². The van der Waals surface area contributed by atoms with Crippen molar-refractivity contribution in [3.63, 3.8) is 0 Å². The Balaban J connectivity index is 2.20. The Morgan fingerprint density at radius 3 is 2.32 bits per heavy atom. The van der Waals surface area contributed by atoms with Crippen LogP contribution in [-0.2, 0) is 20.7 Å². The van der Waals surface area contributed by atoms with Crippen molar-refractivity contribution in [1.29, 1.82) is 0 Å². The molecule has 0 aromatic heterocycles. The monoisotopic (exact) mass is 447 g/mol. The van der Waals surface area contributed by atoms with E-state index in [2.05, 4.69) is 21.2 Å². The predicted molar refractivity (Wildman–Crippen MR) is 113 cm³/mol. The van der Waals surface area contributed by atoms with Crippen LogP contribution >= 0.6 is 15.9 Å². The number of nitrogens with one attached hydrogen (secondary N) is 1. The number of alkyl carbamates (subject to hydrolysis) is 1. The topological polar surface area (TPSA) is 64.6 Å². The Bertz CT molecular complexity index is 829. The van der Waals surface area contributed by atoms with Gasteiger partial charge in [0.1, 0.15) is 11.6 Å². The fourth-order valence-electron chi connectivity index (χ4n) is 2.67. The molecule has 0 aliphatic rings. The van der Waals surface area contributed by atoms with Crippen LogP contribution in [0.5, 0.6) is 0 Å². The van der Waals surface area contributed by atoms with Gasteiger partial charge < -0.3 is 14.8 Å². The number of carbonyl (C=O) groups is 2. The zero-order valence-corrected chi connectivity index (χ0v) is 18.2. The molecular weight excluding hydrogens is 422 g/mol. The number of hydrogen-bond acceptors (Lipinski definition) is 4. The quantitative estimate of drug-likeness (QED) is 0.624. The molecule has 0 saturated carbocycles. The summed E-state index contributed by atoms with van der Waals surface area (Å²) in [5.74, 6) is -0.485. The van der Waals surface area contributed by atoms with E-state index in [1.54, 1.807) is 27.7 Å². The van der Waals surface area contributed by atoms with Crippen LogP contribution in [0.4, 0.5) is 4.79 Å². The minimum atomic E-state index is -0.826. The average molecular weight is 448 g/mol. The van der Waals surface area contributed by atoms with Crippen molar-refractivity contribution in [2.75, 3.05) is 6.61 Å². The van der Waals surface area contributed by atoms with Gasteiger partial charge in [-0.15, -0.1) is 0 Å². The first-order chi connectivity index (χ1) is 13.2. The third-order valence-corrected chi connectivity index (χ3v) is 4.28. The van der Waals surface area contributed by atoms with Gasteiger partial charge in [-0.1, -0.05) is 52.3 Å². The summed E-state index contributed by atoms with van der Waals surface area (Å²) in [4.78, 5) is 24.5. The number of esters is 1. The number of benzene rings is 2. The van der Waals surface area contributed by atoms with Crippen molar-refractivity contribution in [1.82, 2.24) is 5.32 Å². The van der Waals surface area contributed by atoms with Crippen LogP contribution < -0.4 is 5.32 Å². The number of hydrogen-bond donors (Lipinski definition) is 1. The van der Waals surface area contributed by atoms with Gasteiger partial charge in [0.15, 0.2) is 0 Å². The maximum atomic E-state index is 12.3. The zero-order valence-electron chi connectivity index (χ0n) is 16.6. The molecule has 2 aromatic carbocycles. The van der Waals surface area contributed by atoms with Crippen LogP contribution in [0.15, 0.2) is 53.0 Å². The number of carbonyl (C=O) groups excluding carboxylic acids is 2. The second-order valence-corrected chi connectivity index (χ2v) is 8.28. The minimum absolute atomic E-state index is 0.239. The highest BCUT2D eigenvalue weighted by atomic mass is 79.9. The molecule has 5 nitrogen and oxygen atoms in total. The summed E-state index contributed by atoms with van der Waals surface area (Å²) in [6.07, 6.45) is -0.339.